The number of nitrogens with one attached hydrogen (secondary N) is 3. The van der Waals surface area contributed by atoms with Crippen molar-refractivity contribution in [1.29, 1.82) is 0 Å². The van der Waals surface area contributed by atoms with Gasteiger partial charge in [-0.15, -0.1) is 0 Å². The molecule has 1 aromatic carbocycles. The van der Waals surface area contributed by atoms with Gasteiger partial charge < -0.3 is 31.0 Å². The molecule has 1 aromatic heterocycles. The van der Waals surface area contributed by atoms with Crippen molar-refractivity contribution in [3.05, 3.63) is 30.0 Å². The number of primary amides is 1. The Bertz CT molecular complexity index is 1290. The summed E-state index contributed by atoms with van der Waals surface area (Å²) in [4.78, 5) is 69.0. The van der Waals surface area contributed by atoms with E-state index in [1.807, 2.05) is 18.2 Å². The number of benzene rings is 1. The number of piperidine rings is 1. The van der Waals surface area contributed by atoms with Gasteiger partial charge in [-0.25, -0.2) is 0 Å². The van der Waals surface area contributed by atoms with Crippen molar-refractivity contribution < 1.29 is 28.7 Å². The Morgan fingerprint density at radius 2 is 2.00 bits per heavy atom. The molecule has 5 unspecified atom stereocenters. The lowest BCUT2D eigenvalue weighted by Crippen LogP contribution is -2.55. The Balaban J connectivity index is 1.40. The Labute approximate surface area is 219 Å². The molecule has 3 fully saturated rings. The second kappa shape index (κ2) is 10.5. The van der Waals surface area contributed by atoms with Gasteiger partial charge in [-0.3, -0.25) is 24.0 Å². The summed E-state index contributed by atoms with van der Waals surface area (Å²) in [6, 6.07) is 5.17. The largest absolute Gasteiger partial charge is 0.496 e. The van der Waals surface area contributed by atoms with Crippen molar-refractivity contribution in [3.63, 3.8) is 0 Å². The Kier molecular flexibility index (Phi) is 7.09. The number of aromatic amines is 1. The SMILES string of the molecule is COc1cccc2[nH]c(C(=O)N3CC4CCCC4C3C(=O)NC(CC3CCCNC3=O)C(=O)C(N)=O)cc12. The second-order valence-electron chi connectivity index (χ2n) is 10.5. The molecule has 0 radical (unpaired) electrons. The summed E-state index contributed by atoms with van der Waals surface area (Å²) < 4.78 is 5.41. The van der Waals surface area contributed by atoms with Crippen LogP contribution in [0, 0.1) is 17.8 Å². The first-order valence-electron chi connectivity index (χ1n) is 13.2. The van der Waals surface area contributed by atoms with Gasteiger partial charge in [0.25, 0.3) is 11.8 Å². The van der Waals surface area contributed by atoms with Gasteiger partial charge in [0.2, 0.25) is 17.6 Å². The van der Waals surface area contributed by atoms with E-state index in [4.69, 9.17) is 10.5 Å². The first-order valence-corrected chi connectivity index (χ1v) is 13.2. The zero-order valence-electron chi connectivity index (χ0n) is 21.3. The molecular weight excluding hydrogens is 490 g/mol. The van der Waals surface area contributed by atoms with Crippen molar-refractivity contribution >= 4 is 40.3 Å². The minimum Gasteiger partial charge on any atom is -0.496 e. The van der Waals surface area contributed by atoms with Crippen LogP contribution in [0.15, 0.2) is 24.3 Å². The molecule has 2 aromatic rings. The summed E-state index contributed by atoms with van der Waals surface area (Å²) >= 11 is 0. The van der Waals surface area contributed by atoms with E-state index in [1.165, 1.54) is 0 Å². The molecule has 2 aliphatic heterocycles. The van der Waals surface area contributed by atoms with Crippen LogP contribution in [-0.4, -0.2) is 71.6 Å². The average Bonchev–Trinajstić information content (AvgIpc) is 3.62. The van der Waals surface area contributed by atoms with Crippen molar-refractivity contribution in [1.82, 2.24) is 20.5 Å². The van der Waals surface area contributed by atoms with E-state index < -0.39 is 35.6 Å². The van der Waals surface area contributed by atoms with Crippen LogP contribution in [0.5, 0.6) is 5.75 Å². The predicted octanol–water partition coefficient (Wildman–Crippen LogP) is 0.873. The van der Waals surface area contributed by atoms with Gasteiger partial charge in [0, 0.05) is 29.9 Å². The Morgan fingerprint density at radius 3 is 2.74 bits per heavy atom. The highest BCUT2D eigenvalue weighted by Gasteiger charge is 2.50. The third-order valence-corrected chi connectivity index (χ3v) is 8.29. The van der Waals surface area contributed by atoms with Crippen molar-refractivity contribution in [3.8, 4) is 5.75 Å². The normalized spacial score (nSPS) is 25.5. The number of ketones is 1. The van der Waals surface area contributed by atoms with E-state index in [2.05, 4.69) is 15.6 Å². The molecule has 11 heteroatoms. The van der Waals surface area contributed by atoms with Crippen LogP contribution in [-0.2, 0) is 19.2 Å². The van der Waals surface area contributed by atoms with Crippen LogP contribution in [0.2, 0.25) is 0 Å². The number of hydrogen-bond acceptors (Lipinski definition) is 6. The number of carbonyl (C=O) groups excluding carboxylic acids is 5. The van der Waals surface area contributed by atoms with Crippen molar-refractivity contribution in [2.75, 3.05) is 20.2 Å². The fourth-order valence-corrected chi connectivity index (χ4v) is 6.43. The summed E-state index contributed by atoms with van der Waals surface area (Å²) in [7, 11) is 1.56. The van der Waals surface area contributed by atoms with Gasteiger partial charge in [-0.05, 0) is 62.1 Å². The van der Waals surface area contributed by atoms with Crippen LogP contribution in [0.4, 0.5) is 0 Å². The van der Waals surface area contributed by atoms with Crippen LogP contribution in [0.1, 0.15) is 49.0 Å². The molecule has 3 heterocycles. The molecule has 38 heavy (non-hydrogen) atoms. The molecule has 1 aliphatic carbocycles. The topological polar surface area (TPSA) is 164 Å². The minimum atomic E-state index is -1.23. The van der Waals surface area contributed by atoms with E-state index in [1.54, 1.807) is 18.1 Å². The highest BCUT2D eigenvalue weighted by Crippen LogP contribution is 2.43. The number of fused-ring (bicyclic) bond motifs is 2. The number of hydrogen-bond donors (Lipinski definition) is 4. The van der Waals surface area contributed by atoms with Crippen LogP contribution in [0.3, 0.4) is 0 Å². The van der Waals surface area contributed by atoms with Crippen molar-refractivity contribution in [2.45, 2.75) is 50.6 Å². The molecule has 5 N–H and O–H groups in total. The zero-order chi connectivity index (χ0) is 27.0. The number of ether oxygens (including phenoxy) is 1. The van der Waals surface area contributed by atoms with Crippen LogP contribution >= 0.6 is 0 Å². The fraction of sp³-hybridized carbons (Fsp3) is 0.519. The lowest BCUT2D eigenvalue weighted by Gasteiger charge is -2.30. The van der Waals surface area contributed by atoms with Gasteiger partial charge in [-0.1, -0.05) is 12.5 Å². The number of amides is 4. The number of methoxy groups -OCH3 is 1. The third kappa shape index (κ3) is 4.72. The first-order chi connectivity index (χ1) is 18.3. The van der Waals surface area contributed by atoms with Crippen LogP contribution < -0.4 is 21.1 Å². The standard InChI is InChI=1S/C27H33N5O6/c1-38-21-9-3-8-18-17(21)12-20(30-18)27(37)32-13-15-5-2-7-16(15)22(32)26(36)31-19(23(33)24(28)34)11-14-6-4-10-29-25(14)35/h3,8-9,12,14-16,19,22,30H,2,4-7,10-11,13H2,1H3,(H2,28,34)(H,29,35)(H,31,36). The predicted molar refractivity (Wildman–Crippen MR) is 137 cm³/mol. The van der Waals surface area contributed by atoms with E-state index in [0.29, 0.717) is 31.0 Å². The molecule has 4 amide bonds. The van der Waals surface area contributed by atoms with E-state index in [-0.39, 0.29) is 30.1 Å². The average molecular weight is 524 g/mol. The number of rotatable bonds is 8. The number of aromatic nitrogens is 1. The molecule has 202 valence electrons. The lowest BCUT2D eigenvalue weighted by molar-refractivity contribution is -0.140. The molecule has 0 bridgehead atoms. The van der Waals surface area contributed by atoms with Gasteiger partial charge in [0.05, 0.1) is 13.2 Å². The molecule has 2 saturated heterocycles. The summed E-state index contributed by atoms with van der Waals surface area (Å²) in [5.41, 5.74) is 6.36. The third-order valence-electron chi connectivity index (χ3n) is 8.29. The monoisotopic (exact) mass is 523 g/mol. The van der Waals surface area contributed by atoms with Crippen molar-refractivity contribution in [2.24, 2.45) is 23.5 Å². The first kappa shape index (κ1) is 25.7. The molecular formula is C27H33N5O6. The molecule has 1 saturated carbocycles. The molecule has 11 nitrogen and oxygen atoms in total. The van der Waals surface area contributed by atoms with Crippen LogP contribution in [0.25, 0.3) is 10.9 Å². The molecule has 5 rings (SSSR count). The lowest BCUT2D eigenvalue weighted by atomic mass is 9.89. The minimum absolute atomic E-state index is 0.0179. The zero-order valence-corrected chi connectivity index (χ0v) is 21.3. The smallest absolute Gasteiger partial charge is 0.287 e. The highest BCUT2D eigenvalue weighted by molar-refractivity contribution is 6.38. The number of H-pyrrole nitrogens is 1. The molecule has 3 aliphatic rings. The summed E-state index contributed by atoms with van der Waals surface area (Å²) in [5, 5.41) is 6.23. The van der Waals surface area contributed by atoms with E-state index >= 15 is 0 Å². The quantitative estimate of drug-likeness (QED) is 0.375. The number of likely N-dealkylation sites (tertiary alicyclic amines) is 1. The maximum Gasteiger partial charge on any atom is 0.287 e. The van der Waals surface area contributed by atoms with Gasteiger partial charge >= 0.3 is 0 Å². The number of carbonyl (C=O) groups is 5. The summed E-state index contributed by atoms with van der Waals surface area (Å²) in [6.45, 7) is 0.978. The highest BCUT2D eigenvalue weighted by atomic mass is 16.5. The molecule has 0 spiro atoms. The summed E-state index contributed by atoms with van der Waals surface area (Å²) in [6.07, 6.45) is 3.92. The van der Waals surface area contributed by atoms with Gasteiger partial charge in [-0.2, -0.15) is 0 Å². The maximum absolute atomic E-state index is 13.7. The van der Waals surface area contributed by atoms with E-state index in [9.17, 15) is 24.0 Å². The Hall–Kier alpha value is -3.89. The number of nitrogens with two attached hydrogens (primary N) is 1. The van der Waals surface area contributed by atoms with E-state index in [0.717, 1.165) is 36.6 Å². The molecule has 5 atom stereocenters. The Morgan fingerprint density at radius 1 is 1.18 bits per heavy atom. The fourth-order valence-electron chi connectivity index (χ4n) is 6.43. The number of Topliss-reactive ketones (excluding diaryl/α,β-unsaturated/α-hetero) is 1. The number of nitrogens with zero attached hydrogens (tertiary/aromatic N) is 1. The summed E-state index contributed by atoms with van der Waals surface area (Å²) in [5.74, 6) is -2.92. The van der Waals surface area contributed by atoms with Gasteiger partial charge in [0.1, 0.15) is 17.5 Å². The second-order valence-corrected chi connectivity index (χ2v) is 10.5. The maximum atomic E-state index is 13.7. The van der Waals surface area contributed by atoms with Gasteiger partial charge in [0.15, 0.2) is 0 Å².